The highest BCUT2D eigenvalue weighted by Crippen LogP contribution is 2.33. The predicted octanol–water partition coefficient (Wildman–Crippen LogP) is 2.40. The molecule has 0 spiro atoms. The standard InChI is InChI=1S/C18H29NO5S/c1-4-22-18(23-5-2)11-12-19(14-16-9-7-6-8-10-16)17(13-18)15-24-25(3,20)21/h6-10,17H,4-5,11-15H2,1-3H3. The summed E-state index contributed by atoms with van der Waals surface area (Å²) >= 11 is 0. The fourth-order valence-electron chi connectivity index (χ4n) is 3.31. The molecule has 1 aliphatic rings. The van der Waals surface area contributed by atoms with E-state index in [2.05, 4.69) is 17.0 Å². The third-order valence-corrected chi connectivity index (χ3v) is 4.92. The van der Waals surface area contributed by atoms with Gasteiger partial charge in [0, 0.05) is 45.2 Å². The molecule has 0 bridgehead atoms. The molecule has 0 radical (unpaired) electrons. The van der Waals surface area contributed by atoms with E-state index in [-0.39, 0.29) is 12.6 Å². The maximum atomic E-state index is 11.4. The van der Waals surface area contributed by atoms with Crippen molar-refractivity contribution in [2.75, 3.05) is 32.6 Å². The zero-order valence-corrected chi connectivity index (χ0v) is 16.1. The summed E-state index contributed by atoms with van der Waals surface area (Å²) in [6.45, 7) is 6.60. The maximum absolute atomic E-state index is 11.4. The van der Waals surface area contributed by atoms with E-state index < -0.39 is 15.9 Å². The largest absolute Gasteiger partial charge is 0.350 e. The lowest BCUT2D eigenvalue weighted by molar-refractivity contribution is -0.263. The monoisotopic (exact) mass is 371 g/mol. The van der Waals surface area contributed by atoms with Crippen molar-refractivity contribution in [3.05, 3.63) is 35.9 Å². The second kappa shape index (κ2) is 9.09. The van der Waals surface area contributed by atoms with Gasteiger partial charge >= 0.3 is 0 Å². The van der Waals surface area contributed by atoms with Crippen LogP contribution in [0.15, 0.2) is 30.3 Å². The average molecular weight is 371 g/mol. The van der Waals surface area contributed by atoms with Gasteiger partial charge in [-0.3, -0.25) is 9.08 Å². The number of ether oxygens (including phenoxy) is 2. The van der Waals surface area contributed by atoms with Gasteiger partial charge in [-0.25, -0.2) is 0 Å². The van der Waals surface area contributed by atoms with Crippen molar-refractivity contribution in [1.29, 1.82) is 0 Å². The van der Waals surface area contributed by atoms with Crippen LogP contribution < -0.4 is 0 Å². The van der Waals surface area contributed by atoms with Crippen molar-refractivity contribution in [3.8, 4) is 0 Å². The van der Waals surface area contributed by atoms with Crippen LogP contribution in [0, 0.1) is 0 Å². The molecule has 25 heavy (non-hydrogen) atoms. The highest BCUT2D eigenvalue weighted by Gasteiger charge is 2.41. The quantitative estimate of drug-likeness (QED) is 0.491. The van der Waals surface area contributed by atoms with Gasteiger partial charge in [0.1, 0.15) is 0 Å². The molecule has 1 saturated heterocycles. The molecule has 1 atom stereocenters. The van der Waals surface area contributed by atoms with Crippen LogP contribution >= 0.6 is 0 Å². The van der Waals surface area contributed by atoms with Gasteiger partial charge < -0.3 is 9.47 Å². The first kappa shape index (κ1) is 20.3. The third kappa shape index (κ3) is 6.34. The van der Waals surface area contributed by atoms with Crippen molar-refractivity contribution in [2.24, 2.45) is 0 Å². The van der Waals surface area contributed by atoms with E-state index in [1.807, 2.05) is 32.0 Å². The SMILES string of the molecule is CCOC1(OCC)CCN(Cc2ccccc2)C(COS(C)(=O)=O)C1. The highest BCUT2D eigenvalue weighted by atomic mass is 32.2. The van der Waals surface area contributed by atoms with Crippen molar-refractivity contribution < 1.29 is 22.1 Å². The first-order chi connectivity index (χ1) is 11.9. The van der Waals surface area contributed by atoms with Crippen LogP contribution in [0.25, 0.3) is 0 Å². The summed E-state index contributed by atoms with van der Waals surface area (Å²) in [7, 11) is -3.49. The van der Waals surface area contributed by atoms with E-state index in [1.165, 1.54) is 5.56 Å². The van der Waals surface area contributed by atoms with Gasteiger partial charge in [-0.2, -0.15) is 8.42 Å². The van der Waals surface area contributed by atoms with Gasteiger partial charge in [0.2, 0.25) is 0 Å². The van der Waals surface area contributed by atoms with E-state index >= 15 is 0 Å². The Labute approximate surface area is 151 Å². The zero-order valence-electron chi connectivity index (χ0n) is 15.3. The lowest BCUT2D eigenvalue weighted by Gasteiger charge is -2.45. The van der Waals surface area contributed by atoms with E-state index in [1.54, 1.807) is 0 Å². The molecule has 0 amide bonds. The molecular formula is C18H29NO5S. The predicted molar refractivity (Wildman–Crippen MR) is 96.7 cm³/mol. The summed E-state index contributed by atoms with van der Waals surface area (Å²) < 4.78 is 39.8. The maximum Gasteiger partial charge on any atom is 0.264 e. The first-order valence-corrected chi connectivity index (χ1v) is 10.6. The van der Waals surface area contributed by atoms with Crippen LogP contribution in [0.4, 0.5) is 0 Å². The molecule has 0 N–H and O–H groups in total. The molecule has 0 saturated carbocycles. The zero-order chi connectivity index (χ0) is 18.3. The van der Waals surface area contributed by atoms with E-state index in [4.69, 9.17) is 13.7 Å². The first-order valence-electron chi connectivity index (χ1n) is 8.78. The molecule has 1 aliphatic heterocycles. The topological polar surface area (TPSA) is 65.1 Å². The van der Waals surface area contributed by atoms with E-state index in [0.717, 1.165) is 25.8 Å². The van der Waals surface area contributed by atoms with Crippen LogP contribution in [0.1, 0.15) is 32.3 Å². The summed E-state index contributed by atoms with van der Waals surface area (Å²) in [5.74, 6) is -0.664. The number of nitrogens with zero attached hydrogens (tertiary/aromatic N) is 1. The Morgan fingerprint density at radius 3 is 2.36 bits per heavy atom. The summed E-state index contributed by atoms with van der Waals surface area (Å²) in [6.07, 6.45) is 2.41. The van der Waals surface area contributed by atoms with E-state index in [0.29, 0.717) is 19.6 Å². The van der Waals surface area contributed by atoms with E-state index in [9.17, 15) is 8.42 Å². The second-order valence-electron chi connectivity index (χ2n) is 6.33. The number of rotatable bonds is 9. The molecule has 7 heteroatoms. The minimum atomic E-state index is -3.49. The molecule has 1 unspecified atom stereocenters. The molecule has 142 valence electrons. The number of hydrogen-bond donors (Lipinski definition) is 0. The van der Waals surface area contributed by atoms with Gasteiger partial charge in [0.25, 0.3) is 10.1 Å². The molecule has 0 aromatic heterocycles. The third-order valence-electron chi connectivity index (χ3n) is 4.36. The Bertz CT molecular complexity index is 614. The molecule has 1 aromatic rings. The number of hydrogen-bond acceptors (Lipinski definition) is 6. The van der Waals surface area contributed by atoms with Crippen molar-refractivity contribution >= 4 is 10.1 Å². The molecule has 1 fully saturated rings. The number of likely N-dealkylation sites (tertiary alicyclic amines) is 1. The van der Waals surface area contributed by atoms with Gasteiger partial charge in [-0.15, -0.1) is 0 Å². The van der Waals surface area contributed by atoms with Crippen molar-refractivity contribution in [2.45, 2.75) is 45.1 Å². The second-order valence-corrected chi connectivity index (χ2v) is 7.97. The Balaban J connectivity index is 2.14. The van der Waals surface area contributed by atoms with Crippen molar-refractivity contribution in [3.63, 3.8) is 0 Å². The van der Waals surface area contributed by atoms with Crippen LogP contribution in [-0.4, -0.2) is 57.8 Å². The number of piperidine rings is 1. The fraction of sp³-hybridized carbons (Fsp3) is 0.667. The van der Waals surface area contributed by atoms with Gasteiger partial charge in [-0.05, 0) is 19.4 Å². The van der Waals surface area contributed by atoms with Gasteiger partial charge in [0.15, 0.2) is 5.79 Å². The van der Waals surface area contributed by atoms with Crippen LogP contribution in [0.5, 0.6) is 0 Å². The lowest BCUT2D eigenvalue weighted by Crippen LogP contribution is -2.54. The number of benzene rings is 1. The highest BCUT2D eigenvalue weighted by molar-refractivity contribution is 7.85. The summed E-state index contributed by atoms with van der Waals surface area (Å²) in [6, 6.07) is 10.0. The molecule has 0 aliphatic carbocycles. The smallest absolute Gasteiger partial charge is 0.264 e. The van der Waals surface area contributed by atoms with Crippen LogP contribution in [0.2, 0.25) is 0 Å². The molecule has 1 aromatic carbocycles. The van der Waals surface area contributed by atoms with Crippen LogP contribution in [-0.2, 0) is 30.3 Å². The Kier molecular flexibility index (Phi) is 7.39. The van der Waals surface area contributed by atoms with Crippen molar-refractivity contribution in [1.82, 2.24) is 4.90 Å². The minimum Gasteiger partial charge on any atom is -0.350 e. The van der Waals surface area contributed by atoms with Crippen LogP contribution in [0.3, 0.4) is 0 Å². The normalized spacial score (nSPS) is 21.3. The molecule has 1 heterocycles. The van der Waals surface area contributed by atoms with Gasteiger partial charge in [-0.1, -0.05) is 30.3 Å². The summed E-state index contributed by atoms with van der Waals surface area (Å²) in [4.78, 5) is 2.25. The van der Waals surface area contributed by atoms with Gasteiger partial charge in [0.05, 0.1) is 12.9 Å². The molecule has 6 nitrogen and oxygen atoms in total. The average Bonchev–Trinajstić information content (AvgIpc) is 2.56. The molecule has 2 rings (SSSR count). The summed E-state index contributed by atoms with van der Waals surface area (Å²) in [5.41, 5.74) is 1.19. The summed E-state index contributed by atoms with van der Waals surface area (Å²) in [5, 5.41) is 0. The Hall–Kier alpha value is -0.990. The minimum absolute atomic E-state index is 0.0956. The lowest BCUT2D eigenvalue weighted by atomic mass is 9.95. The fourth-order valence-corrected chi connectivity index (χ4v) is 3.71. The Morgan fingerprint density at radius 1 is 1.16 bits per heavy atom. The Morgan fingerprint density at radius 2 is 1.80 bits per heavy atom. The molecular weight excluding hydrogens is 342 g/mol.